The minimum absolute atomic E-state index is 0.0905. The number of pyridine rings is 2. The highest BCUT2D eigenvalue weighted by atomic mass is 35.5. The van der Waals surface area contributed by atoms with Gasteiger partial charge in [-0.15, -0.1) is 0 Å². The van der Waals surface area contributed by atoms with Crippen molar-refractivity contribution in [2.75, 3.05) is 23.0 Å². The number of halogens is 6. The second-order valence-electron chi connectivity index (χ2n) is 7.88. The Morgan fingerprint density at radius 2 is 1.73 bits per heavy atom. The molecule has 4 aromatic rings. The number of carbonyl (C=O) groups excluding carboxylic acids is 1. The number of aryl methyl sites for hydroxylation is 1. The molecule has 0 radical (unpaired) electrons. The SMILES string of the molecule is CNc1cc2c(cn1)cc(-c1cc(NC(=O)Nc3ccc(Cl)c(C(F)(F)F)c3)c(F)cc1Cl)c(=O)n2C. The zero-order chi connectivity index (χ0) is 27.1. The van der Waals surface area contributed by atoms with Gasteiger partial charge < -0.3 is 20.5 Å². The normalized spacial score (nSPS) is 11.5. The molecule has 4 rings (SSSR count). The summed E-state index contributed by atoms with van der Waals surface area (Å²) in [5, 5.41) is 7.28. The maximum atomic E-state index is 14.6. The van der Waals surface area contributed by atoms with Crippen LogP contribution in [0.5, 0.6) is 0 Å². The first-order chi connectivity index (χ1) is 17.4. The van der Waals surface area contributed by atoms with E-state index in [0.717, 1.165) is 24.3 Å². The van der Waals surface area contributed by atoms with Crippen molar-refractivity contribution in [1.82, 2.24) is 9.55 Å². The summed E-state index contributed by atoms with van der Waals surface area (Å²) in [6.45, 7) is 0. The van der Waals surface area contributed by atoms with E-state index in [4.69, 9.17) is 23.2 Å². The Morgan fingerprint density at radius 1 is 1.00 bits per heavy atom. The number of carbonyl (C=O) groups is 1. The Kier molecular flexibility index (Phi) is 7.03. The summed E-state index contributed by atoms with van der Waals surface area (Å²) in [7, 11) is 3.24. The van der Waals surface area contributed by atoms with Crippen LogP contribution in [0, 0.1) is 5.82 Å². The number of hydrogen-bond donors (Lipinski definition) is 3. The van der Waals surface area contributed by atoms with E-state index >= 15 is 0 Å². The molecule has 0 unspecified atom stereocenters. The maximum absolute atomic E-state index is 14.6. The molecule has 3 N–H and O–H groups in total. The molecule has 0 aliphatic rings. The molecule has 0 saturated carbocycles. The van der Waals surface area contributed by atoms with Crippen LogP contribution in [0.25, 0.3) is 22.0 Å². The number of urea groups is 1. The van der Waals surface area contributed by atoms with Crippen LogP contribution in [-0.2, 0) is 13.2 Å². The first-order valence-electron chi connectivity index (χ1n) is 10.5. The summed E-state index contributed by atoms with van der Waals surface area (Å²) in [4.78, 5) is 29.8. The van der Waals surface area contributed by atoms with Gasteiger partial charge in [0.15, 0.2) is 0 Å². The molecule has 2 heterocycles. The van der Waals surface area contributed by atoms with Crippen LogP contribution in [-0.4, -0.2) is 22.6 Å². The standard InChI is InChI=1S/C24H17Cl2F4N5O2/c1-31-21-9-20-11(10-32-21)5-14(22(36)35(20)2)13-7-19(18(27)8-17(13)26)34-23(37)33-12-3-4-16(25)15(6-12)24(28,29)30/h3-10H,1-2H3,(H,31,32)(H2,33,34,37). The number of benzene rings is 2. The van der Waals surface area contributed by atoms with E-state index in [1.54, 1.807) is 32.4 Å². The number of nitrogens with one attached hydrogen (secondary N) is 3. The molecule has 192 valence electrons. The quantitative estimate of drug-likeness (QED) is 0.244. The fourth-order valence-electron chi connectivity index (χ4n) is 3.65. The molecule has 13 heteroatoms. The van der Waals surface area contributed by atoms with Crippen molar-refractivity contribution in [3.05, 3.63) is 80.4 Å². The highest BCUT2D eigenvalue weighted by molar-refractivity contribution is 6.33. The zero-order valence-corrected chi connectivity index (χ0v) is 20.6. The summed E-state index contributed by atoms with van der Waals surface area (Å²) in [6.07, 6.45) is -3.19. The minimum atomic E-state index is -4.74. The molecule has 0 aliphatic heterocycles. The second-order valence-corrected chi connectivity index (χ2v) is 8.70. The topological polar surface area (TPSA) is 88.1 Å². The van der Waals surface area contributed by atoms with Crippen LogP contribution in [0.15, 0.2) is 53.5 Å². The first kappa shape index (κ1) is 26.2. The number of hydrogen-bond acceptors (Lipinski definition) is 4. The Morgan fingerprint density at radius 3 is 2.41 bits per heavy atom. The van der Waals surface area contributed by atoms with E-state index in [1.807, 2.05) is 0 Å². The number of alkyl halides is 3. The Balaban J connectivity index is 1.68. The molecule has 2 aromatic heterocycles. The Labute approximate surface area is 217 Å². The third-order valence-corrected chi connectivity index (χ3v) is 6.13. The Hall–Kier alpha value is -3.83. The zero-order valence-electron chi connectivity index (χ0n) is 19.1. The van der Waals surface area contributed by atoms with Crippen LogP contribution < -0.4 is 21.5 Å². The van der Waals surface area contributed by atoms with E-state index in [0.29, 0.717) is 22.8 Å². The molecule has 0 spiro atoms. The third kappa shape index (κ3) is 5.32. The van der Waals surface area contributed by atoms with Crippen molar-refractivity contribution in [3.8, 4) is 11.1 Å². The van der Waals surface area contributed by atoms with Crippen molar-refractivity contribution in [2.24, 2.45) is 7.05 Å². The molecular weight excluding hydrogens is 537 g/mol. The predicted molar refractivity (Wildman–Crippen MR) is 136 cm³/mol. The van der Waals surface area contributed by atoms with Crippen molar-refractivity contribution in [2.45, 2.75) is 6.18 Å². The van der Waals surface area contributed by atoms with Gasteiger partial charge in [-0.1, -0.05) is 23.2 Å². The van der Waals surface area contributed by atoms with E-state index in [1.165, 1.54) is 4.57 Å². The molecule has 37 heavy (non-hydrogen) atoms. The number of aromatic nitrogens is 2. The summed E-state index contributed by atoms with van der Waals surface area (Å²) in [6, 6.07) is 7.07. The van der Waals surface area contributed by atoms with E-state index in [2.05, 4.69) is 20.9 Å². The van der Waals surface area contributed by atoms with Crippen molar-refractivity contribution in [3.63, 3.8) is 0 Å². The van der Waals surface area contributed by atoms with Gasteiger partial charge in [-0.3, -0.25) is 4.79 Å². The lowest BCUT2D eigenvalue weighted by Gasteiger charge is -2.14. The molecule has 0 fully saturated rings. The van der Waals surface area contributed by atoms with Gasteiger partial charge in [0.25, 0.3) is 5.56 Å². The molecular formula is C24H17Cl2F4N5O2. The molecule has 2 aromatic carbocycles. The second kappa shape index (κ2) is 9.91. The number of anilines is 3. The van der Waals surface area contributed by atoms with Gasteiger partial charge >= 0.3 is 12.2 Å². The highest BCUT2D eigenvalue weighted by Crippen LogP contribution is 2.36. The lowest BCUT2D eigenvalue weighted by Crippen LogP contribution is -2.21. The average Bonchev–Trinajstić information content (AvgIpc) is 2.83. The van der Waals surface area contributed by atoms with Crippen molar-refractivity contribution < 1.29 is 22.4 Å². The van der Waals surface area contributed by atoms with Gasteiger partial charge in [-0.05, 0) is 36.4 Å². The fraction of sp³-hybridized carbons (Fsp3) is 0.125. The number of rotatable bonds is 4. The fourth-order valence-corrected chi connectivity index (χ4v) is 4.13. The summed E-state index contributed by atoms with van der Waals surface area (Å²) >= 11 is 11.8. The number of amides is 2. The molecule has 0 aliphatic carbocycles. The Bertz CT molecular complexity index is 1610. The highest BCUT2D eigenvalue weighted by Gasteiger charge is 2.33. The lowest BCUT2D eigenvalue weighted by molar-refractivity contribution is -0.137. The summed E-state index contributed by atoms with van der Waals surface area (Å²) < 4.78 is 55.3. The molecule has 0 atom stereocenters. The molecule has 0 bridgehead atoms. The van der Waals surface area contributed by atoms with E-state index in [-0.39, 0.29) is 27.5 Å². The van der Waals surface area contributed by atoms with Crippen LogP contribution >= 0.6 is 23.2 Å². The predicted octanol–water partition coefficient (Wildman–Crippen LogP) is 6.75. The van der Waals surface area contributed by atoms with Gasteiger partial charge in [0, 0.05) is 48.6 Å². The lowest BCUT2D eigenvalue weighted by atomic mass is 10.0. The van der Waals surface area contributed by atoms with Gasteiger partial charge in [0.1, 0.15) is 11.6 Å². The number of nitrogens with zero attached hydrogens (tertiary/aromatic N) is 2. The van der Waals surface area contributed by atoms with Gasteiger partial charge in [0.2, 0.25) is 0 Å². The van der Waals surface area contributed by atoms with E-state index < -0.39 is 34.2 Å². The van der Waals surface area contributed by atoms with E-state index in [9.17, 15) is 27.2 Å². The van der Waals surface area contributed by atoms with Crippen LogP contribution in [0.4, 0.5) is 39.5 Å². The summed E-state index contributed by atoms with van der Waals surface area (Å²) in [5.74, 6) is -0.371. The first-order valence-corrected chi connectivity index (χ1v) is 11.3. The summed E-state index contributed by atoms with van der Waals surface area (Å²) in [5.41, 5.74) is -1.32. The molecule has 2 amide bonds. The number of fused-ring (bicyclic) bond motifs is 1. The monoisotopic (exact) mass is 553 g/mol. The van der Waals surface area contributed by atoms with Crippen LogP contribution in [0.1, 0.15) is 5.56 Å². The van der Waals surface area contributed by atoms with Crippen molar-refractivity contribution >= 4 is 57.3 Å². The molecule has 7 nitrogen and oxygen atoms in total. The minimum Gasteiger partial charge on any atom is -0.373 e. The third-order valence-electron chi connectivity index (χ3n) is 5.49. The smallest absolute Gasteiger partial charge is 0.373 e. The molecule has 0 saturated heterocycles. The maximum Gasteiger partial charge on any atom is 0.417 e. The van der Waals surface area contributed by atoms with Crippen LogP contribution in [0.3, 0.4) is 0 Å². The van der Waals surface area contributed by atoms with Crippen LogP contribution in [0.2, 0.25) is 10.0 Å². The van der Waals surface area contributed by atoms with Gasteiger partial charge in [0.05, 0.1) is 26.8 Å². The van der Waals surface area contributed by atoms with Gasteiger partial charge in [-0.2, -0.15) is 13.2 Å². The largest absolute Gasteiger partial charge is 0.417 e. The average molecular weight is 554 g/mol. The van der Waals surface area contributed by atoms with Crippen molar-refractivity contribution in [1.29, 1.82) is 0 Å². The van der Waals surface area contributed by atoms with Gasteiger partial charge in [-0.25, -0.2) is 14.2 Å².